The molecule has 0 aliphatic rings. The van der Waals surface area contributed by atoms with Crippen molar-refractivity contribution >= 4 is 15.8 Å². The van der Waals surface area contributed by atoms with Gasteiger partial charge in [0.2, 0.25) is 0 Å². The van der Waals surface area contributed by atoms with Gasteiger partial charge in [-0.15, -0.1) is 0 Å². The van der Waals surface area contributed by atoms with Gasteiger partial charge in [-0.1, -0.05) is 0 Å². The summed E-state index contributed by atoms with van der Waals surface area (Å²) >= 11 is 0. The Labute approximate surface area is 84.0 Å². The molecular formula is C8H16O5S. The molecule has 0 saturated carbocycles. The Morgan fingerprint density at radius 3 is 2.50 bits per heavy atom. The molecule has 84 valence electrons. The summed E-state index contributed by atoms with van der Waals surface area (Å²) in [7, 11) is -3.22. The minimum Gasteiger partial charge on any atom is -0.481 e. The normalized spacial score (nSPS) is 11.5. The zero-order valence-electron chi connectivity index (χ0n) is 8.23. The lowest BCUT2D eigenvalue weighted by Gasteiger charge is -2.02. The van der Waals surface area contributed by atoms with Crippen molar-refractivity contribution in [2.75, 3.05) is 24.7 Å². The van der Waals surface area contributed by atoms with E-state index >= 15 is 0 Å². The number of carbonyl (C=O) groups is 1. The van der Waals surface area contributed by atoms with Crippen molar-refractivity contribution in [1.82, 2.24) is 0 Å². The van der Waals surface area contributed by atoms with Gasteiger partial charge in [-0.25, -0.2) is 8.42 Å². The Hall–Kier alpha value is -0.620. The predicted octanol–water partition coefficient (Wildman–Crippen LogP) is 0.302. The first-order chi connectivity index (χ1) is 6.48. The Balaban J connectivity index is 3.67. The van der Waals surface area contributed by atoms with Crippen molar-refractivity contribution in [3.05, 3.63) is 0 Å². The summed E-state index contributed by atoms with van der Waals surface area (Å²) in [6.07, 6.45) is 0.104. The van der Waals surface area contributed by atoms with Crippen LogP contribution in [0.1, 0.15) is 19.8 Å². The molecular weight excluding hydrogens is 208 g/mol. The van der Waals surface area contributed by atoms with Gasteiger partial charge in [-0.05, 0) is 13.3 Å². The smallest absolute Gasteiger partial charge is 0.304 e. The van der Waals surface area contributed by atoms with E-state index in [1.54, 1.807) is 0 Å². The highest BCUT2D eigenvalue weighted by Gasteiger charge is 2.12. The Morgan fingerprint density at radius 1 is 1.36 bits per heavy atom. The maximum atomic E-state index is 11.2. The van der Waals surface area contributed by atoms with Gasteiger partial charge in [0, 0.05) is 13.2 Å². The van der Waals surface area contributed by atoms with Crippen LogP contribution < -0.4 is 0 Å². The van der Waals surface area contributed by atoms with Gasteiger partial charge in [0.15, 0.2) is 9.84 Å². The van der Waals surface area contributed by atoms with Crippen molar-refractivity contribution in [2.24, 2.45) is 0 Å². The number of carboxylic acid groups (broad SMARTS) is 1. The van der Waals surface area contributed by atoms with Crippen molar-refractivity contribution in [2.45, 2.75) is 19.8 Å². The van der Waals surface area contributed by atoms with E-state index in [-0.39, 0.29) is 17.9 Å². The highest BCUT2D eigenvalue weighted by atomic mass is 32.2. The molecule has 0 saturated heterocycles. The third-order valence-corrected chi connectivity index (χ3v) is 3.31. The lowest BCUT2D eigenvalue weighted by Crippen LogP contribution is -2.15. The molecule has 0 fully saturated rings. The van der Waals surface area contributed by atoms with E-state index in [1.165, 1.54) is 0 Å². The zero-order valence-corrected chi connectivity index (χ0v) is 9.05. The summed E-state index contributed by atoms with van der Waals surface area (Å²) in [5, 5.41) is 8.30. The molecule has 0 aromatic carbocycles. The van der Waals surface area contributed by atoms with Crippen molar-refractivity contribution in [3.8, 4) is 0 Å². The number of ether oxygens (including phenoxy) is 1. The molecule has 1 N–H and O–H groups in total. The Bertz CT molecular complexity index is 257. The Morgan fingerprint density at radius 2 is 2.00 bits per heavy atom. The number of hydrogen-bond acceptors (Lipinski definition) is 4. The first-order valence-electron chi connectivity index (χ1n) is 4.48. The number of sulfone groups is 1. The summed E-state index contributed by atoms with van der Waals surface area (Å²) in [6.45, 7) is 2.80. The van der Waals surface area contributed by atoms with E-state index in [2.05, 4.69) is 0 Å². The molecule has 0 rings (SSSR count). The SMILES string of the molecule is CCOCCCS(=O)(=O)CCC(=O)O. The maximum Gasteiger partial charge on any atom is 0.304 e. The van der Waals surface area contributed by atoms with E-state index in [0.717, 1.165) is 0 Å². The van der Waals surface area contributed by atoms with Crippen molar-refractivity contribution in [3.63, 3.8) is 0 Å². The topological polar surface area (TPSA) is 80.7 Å². The first kappa shape index (κ1) is 13.4. The van der Waals surface area contributed by atoms with E-state index in [1.807, 2.05) is 6.92 Å². The van der Waals surface area contributed by atoms with Gasteiger partial charge < -0.3 is 9.84 Å². The van der Waals surface area contributed by atoms with Crippen LogP contribution in [0.2, 0.25) is 0 Å². The molecule has 6 heteroatoms. The van der Waals surface area contributed by atoms with Gasteiger partial charge >= 0.3 is 5.97 Å². The van der Waals surface area contributed by atoms with Crippen LogP contribution >= 0.6 is 0 Å². The van der Waals surface area contributed by atoms with E-state index in [4.69, 9.17) is 9.84 Å². The predicted molar refractivity (Wildman–Crippen MR) is 52.0 cm³/mol. The second-order valence-electron chi connectivity index (χ2n) is 2.85. The standard InChI is InChI=1S/C8H16O5S/c1-2-13-5-3-6-14(11,12)7-4-8(9)10/h2-7H2,1H3,(H,9,10). The molecule has 14 heavy (non-hydrogen) atoms. The number of carboxylic acids is 1. The fraction of sp³-hybridized carbons (Fsp3) is 0.875. The fourth-order valence-corrected chi connectivity index (χ4v) is 2.12. The van der Waals surface area contributed by atoms with Crippen LogP contribution in [0.15, 0.2) is 0 Å². The molecule has 0 bridgehead atoms. The zero-order chi connectivity index (χ0) is 11.0. The molecule has 0 amide bonds. The molecule has 0 aliphatic carbocycles. The van der Waals surface area contributed by atoms with Crippen LogP contribution in [0.3, 0.4) is 0 Å². The van der Waals surface area contributed by atoms with E-state index in [0.29, 0.717) is 19.6 Å². The van der Waals surface area contributed by atoms with Crippen LogP contribution in [0.5, 0.6) is 0 Å². The highest BCUT2D eigenvalue weighted by molar-refractivity contribution is 7.91. The number of aliphatic carboxylic acids is 1. The molecule has 0 radical (unpaired) electrons. The van der Waals surface area contributed by atoms with Crippen LogP contribution in [-0.2, 0) is 19.4 Å². The molecule has 5 nitrogen and oxygen atoms in total. The number of hydrogen-bond donors (Lipinski definition) is 1. The van der Waals surface area contributed by atoms with Gasteiger partial charge in [-0.3, -0.25) is 4.79 Å². The lowest BCUT2D eigenvalue weighted by atomic mass is 10.5. The third-order valence-electron chi connectivity index (χ3n) is 1.58. The van der Waals surface area contributed by atoms with Crippen LogP contribution in [0.4, 0.5) is 0 Å². The second-order valence-corrected chi connectivity index (χ2v) is 5.15. The molecule has 0 aromatic heterocycles. The monoisotopic (exact) mass is 224 g/mol. The van der Waals surface area contributed by atoms with Gasteiger partial charge in [0.25, 0.3) is 0 Å². The minimum absolute atomic E-state index is 0.000278. The molecule has 0 spiro atoms. The van der Waals surface area contributed by atoms with Crippen molar-refractivity contribution in [1.29, 1.82) is 0 Å². The average molecular weight is 224 g/mol. The van der Waals surface area contributed by atoms with E-state index < -0.39 is 15.8 Å². The van der Waals surface area contributed by atoms with Gasteiger partial charge in [0.05, 0.1) is 17.9 Å². The van der Waals surface area contributed by atoms with Crippen LogP contribution in [-0.4, -0.2) is 44.2 Å². The lowest BCUT2D eigenvalue weighted by molar-refractivity contribution is -0.136. The third kappa shape index (κ3) is 8.00. The largest absolute Gasteiger partial charge is 0.481 e. The van der Waals surface area contributed by atoms with Gasteiger partial charge in [-0.2, -0.15) is 0 Å². The second kappa shape index (κ2) is 6.78. The summed E-state index contributed by atoms with van der Waals surface area (Å²) in [6, 6.07) is 0. The quantitative estimate of drug-likeness (QED) is 0.600. The van der Waals surface area contributed by atoms with Crippen molar-refractivity contribution < 1.29 is 23.1 Å². The van der Waals surface area contributed by atoms with Gasteiger partial charge in [0.1, 0.15) is 0 Å². The first-order valence-corrected chi connectivity index (χ1v) is 6.30. The molecule has 0 atom stereocenters. The Kier molecular flexibility index (Phi) is 6.48. The number of rotatable bonds is 8. The highest BCUT2D eigenvalue weighted by Crippen LogP contribution is 1.97. The summed E-state index contributed by atoms with van der Waals surface area (Å²) in [5.74, 6) is -1.37. The summed E-state index contributed by atoms with van der Waals surface area (Å²) in [4.78, 5) is 10.1. The molecule has 0 aliphatic heterocycles. The van der Waals surface area contributed by atoms with E-state index in [9.17, 15) is 13.2 Å². The van der Waals surface area contributed by atoms with Crippen LogP contribution in [0.25, 0.3) is 0 Å². The fourth-order valence-electron chi connectivity index (χ4n) is 0.870. The minimum atomic E-state index is -3.22. The summed E-state index contributed by atoms with van der Waals surface area (Å²) in [5.41, 5.74) is 0. The average Bonchev–Trinajstić information content (AvgIpc) is 2.10. The molecule has 0 aromatic rings. The maximum absolute atomic E-state index is 11.2. The van der Waals surface area contributed by atoms with Crippen LogP contribution in [0, 0.1) is 0 Å². The summed E-state index contributed by atoms with van der Waals surface area (Å²) < 4.78 is 27.3. The molecule has 0 heterocycles. The molecule has 0 unspecified atom stereocenters.